The van der Waals surface area contributed by atoms with Crippen molar-refractivity contribution < 1.29 is 19.1 Å². The fourth-order valence-corrected chi connectivity index (χ4v) is 5.15. The molecule has 35 heavy (non-hydrogen) atoms. The molecule has 0 atom stereocenters. The molecule has 180 valence electrons. The summed E-state index contributed by atoms with van der Waals surface area (Å²) in [6.45, 7) is 4.88. The number of imide groups is 1. The third kappa shape index (κ3) is 6.28. The van der Waals surface area contributed by atoms with Crippen LogP contribution >= 0.6 is 39.3 Å². The Bertz CT molecular complexity index is 1290. The summed E-state index contributed by atoms with van der Waals surface area (Å²) in [6, 6.07) is 18.9. The molecule has 1 saturated heterocycles. The van der Waals surface area contributed by atoms with Gasteiger partial charge in [0.1, 0.15) is 6.61 Å². The maximum Gasteiger partial charge on any atom is 0.293 e. The predicted molar refractivity (Wildman–Crippen MR) is 144 cm³/mol. The number of carbonyl (C=O) groups excluding carboxylic acids is 2. The van der Waals surface area contributed by atoms with E-state index in [1.165, 1.54) is 4.90 Å². The van der Waals surface area contributed by atoms with Crippen molar-refractivity contribution in [3.05, 3.63) is 97.3 Å². The summed E-state index contributed by atoms with van der Waals surface area (Å²) in [5, 5.41) is 0.356. The van der Waals surface area contributed by atoms with Gasteiger partial charge in [0.25, 0.3) is 11.1 Å². The number of ether oxygens (including phenoxy) is 2. The van der Waals surface area contributed by atoms with Crippen LogP contribution in [0, 0.1) is 6.92 Å². The van der Waals surface area contributed by atoms with Crippen LogP contribution in [0.5, 0.6) is 11.5 Å². The molecule has 5 nitrogen and oxygen atoms in total. The molecule has 1 aliphatic rings. The van der Waals surface area contributed by atoms with E-state index in [1.807, 2.05) is 68.4 Å². The highest BCUT2D eigenvalue weighted by Gasteiger charge is 2.35. The second kappa shape index (κ2) is 11.3. The van der Waals surface area contributed by atoms with Crippen molar-refractivity contribution in [2.75, 3.05) is 6.61 Å². The van der Waals surface area contributed by atoms with E-state index < -0.39 is 0 Å². The highest BCUT2D eigenvalue weighted by Crippen LogP contribution is 2.40. The third-order valence-corrected chi connectivity index (χ3v) is 6.97. The number of aryl methyl sites for hydroxylation is 1. The molecule has 0 aliphatic carbocycles. The van der Waals surface area contributed by atoms with Crippen LogP contribution in [0.25, 0.3) is 6.08 Å². The zero-order valence-corrected chi connectivity index (χ0v) is 22.4. The van der Waals surface area contributed by atoms with Gasteiger partial charge in [-0.3, -0.25) is 14.5 Å². The van der Waals surface area contributed by atoms with Crippen molar-refractivity contribution in [3.63, 3.8) is 0 Å². The highest BCUT2D eigenvalue weighted by molar-refractivity contribution is 9.10. The van der Waals surface area contributed by atoms with E-state index >= 15 is 0 Å². The lowest BCUT2D eigenvalue weighted by atomic mass is 10.1. The smallest absolute Gasteiger partial charge is 0.293 e. The van der Waals surface area contributed by atoms with Crippen molar-refractivity contribution in [1.29, 1.82) is 0 Å². The molecule has 0 aromatic heterocycles. The molecular weight excluding hydrogens is 550 g/mol. The first-order chi connectivity index (χ1) is 16.8. The molecule has 1 aliphatic heterocycles. The van der Waals surface area contributed by atoms with Crippen LogP contribution < -0.4 is 9.47 Å². The number of nitrogens with zero attached hydrogens (tertiary/aromatic N) is 1. The highest BCUT2D eigenvalue weighted by atomic mass is 79.9. The Morgan fingerprint density at radius 2 is 1.80 bits per heavy atom. The standard InChI is InChI=1S/C27H23BrClNO4S/c1-3-33-23-13-20(12-22(28)25(23)34-16-19-5-4-6-21(29)11-19)14-24-26(31)30(27(32)35-24)15-18-9-7-17(2)8-10-18/h4-14H,3,15-16H2,1-2H3/b24-14-. The summed E-state index contributed by atoms with van der Waals surface area (Å²) in [4.78, 5) is 27.2. The van der Waals surface area contributed by atoms with Crippen LogP contribution in [-0.4, -0.2) is 22.7 Å². The number of amides is 2. The first kappa shape index (κ1) is 25.4. The Labute approximate surface area is 222 Å². The maximum absolute atomic E-state index is 13.0. The Morgan fingerprint density at radius 3 is 2.51 bits per heavy atom. The molecule has 0 unspecified atom stereocenters. The van der Waals surface area contributed by atoms with Gasteiger partial charge < -0.3 is 9.47 Å². The molecule has 4 rings (SSSR count). The minimum Gasteiger partial charge on any atom is -0.490 e. The monoisotopic (exact) mass is 571 g/mol. The molecule has 8 heteroatoms. The first-order valence-electron chi connectivity index (χ1n) is 11.0. The van der Waals surface area contributed by atoms with Gasteiger partial charge in [0.2, 0.25) is 0 Å². The van der Waals surface area contributed by atoms with Crippen molar-refractivity contribution in [2.45, 2.75) is 27.0 Å². The molecule has 3 aromatic rings. The lowest BCUT2D eigenvalue weighted by Gasteiger charge is -2.15. The van der Waals surface area contributed by atoms with Crippen molar-refractivity contribution in [2.24, 2.45) is 0 Å². The van der Waals surface area contributed by atoms with Gasteiger partial charge >= 0.3 is 0 Å². The lowest BCUT2D eigenvalue weighted by Crippen LogP contribution is -2.27. The molecular formula is C27H23BrClNO4S. The average molecular weight is 573 g/mol. The van der Waals surface area contributed by atoms with Gasteiger partial charge in [-0.2, -0.15) is 0 Å². The lowest BCUT2D eigenvalue weighted by molar-refractivity contribution is -0.123. The molecule has 0 spiro atoms. The number of benzene rings is 3. The number of thioether (sulfide) groups is 1. The number of halogens is 2. The van der Waals surface area contributed by atoms with Gasteiger partial charge in [-0.1, -0.05) is 53.6 Å². The van der Waals surface area contributed by atoms with Crippen LogP contribution in [0.15, 0.2) is 70.0 Å². The number of hydrogen-bond acceptors (Lipinski definition) is 5. The van der Waals surface area contributed by atoms with E-state index in [9.17, 15) is 9.59 Å². The quantitative estimate of drug-likeness (QED) is 0.260. The largest absolute Gasteiger partial charge is 0.490 e. The normalized spacial score (nSPS) is 14.6. The maximum atomic E-state index is 13.0. The second-order valence-corrected chi connectivity index (χ2v) is 10.2. The number of hydrogen-bond donors (Lipinski definition) is 0. The first-order valence-corrected chi connectivity index (χ1v) is 13.0. The molecule has 0 saturated carbocycles. The Kier molecular flexibility index (Phi) is 8.21. The summed E-state index contributed by atoms with van der Waals surface area (Å²) in [6.07, 6.45) is 1.70. The van der Waals surface area contributed by atoms with Gasteiger partial charge in [-0.25, -0.2) is 0 Å². The molecule has 0 N–H and O–H groups in total. The van der Waals surface area contributed by atoms with Crippen LogP contribution in [0.1, 0.15) is 29.2 Å². The SMILES string of the molecule is CCOc1cc(/C=C2\SC(=O)N(Cc3ccc(C)cc3)C2=O)cc(Br)c1OCc1cccc(Cl)c1. The fraction of sp³-hybridized carbons (Fsp3) is 0.185. The van der Waals surface area contributed by atoms with Crippen molar-refractivity contribution in [1.82, 2.24) is 4.90 Å². The minimum atomic E-state index is -0.309. The van der Waals surface area contributed by atoms with E-state index in [-0.39, 0.29) is 17.7 Å². The fourth-order valence-electron chi connectivity index (χ4n) is 3.52. The van der Waals surface area contributed by atoms with Gasteiger partial charge in [0.15, 0.2) is 11.5 Å². The van der Waals surface area contributed by atoms with E-state index in [0.717, 1.165) is 34.0 Å². The minimum absolute atomic E-state index is 0.243. The topological polar surface area (TPSA) is 55.8 Å². The van der Waals surface area contributed by atoms with E-state index in [4.69, 9.17) is 21.1 Å². The number of rotatable bonds is 8. The zero-order chi connectivity index (χ0) is 24.9. The van der Waals surface area contributed by atoms with E-state index in [2.05, 4.69) is 15.9 Å². The summed E-state index contributed by atoms with van der Waals surface area (Å²) in [5.74, 6) is 0.779. The Hall–Kier alpha value is -2.74. The summed E-state index contributed by atoms with van der Waals surface area (Å²) >= 11 is 10.6. The number of carbonyl (C=O) groups is 2. The summed E-state index contributed by atoms with van der Waals surface area (Å²) < 4.78 is 12.5. The zero-order valence-electron chi connectivity index (χ0n) is 19.2. The van der Waals surface area contributed by atoms with Crippen molar-refractivity contribution in [3.8, 4) is 11.5 Å². The van der Waals surface area contributed by atoms with Gasteiger partial charge in [0, 0.05) is 5.02 Å². The van der Waals surface area contributed by atoms with Crippen LogP contribution in [-0.2, 0) is 17.9 Å². The van der Waals surface area contributed by atoms with Crippen molar-refractivity contribution >= 4 is 56.5 Å². The second-order valence-electron chi connectivity index (χ2n) is 7.94. The van der Waals surface area contributed by atoms with Crippen LogP contribution in [0.2, 0.25) is 5.02 Å². The molecule has 0 radical (unpaired) electrons. The average Bonchev–Trinajstić information content (AvgIpc) is 3.07. The molecule has 2 amide bonds. The molecule has 1 fully saturated rings. The molecule has 1 heterocycles. The molecule has 0 bridgehead atoms. The van der Waals surface area contributed by atoms with Gasteiger partial charge in [-0.05, 0) is 88.6 Å². The van der Waals surface area contributed by atoms with E-state index in [0.29, 0.717) is 39.1 Å². The van der Waals surface area contributed by atoms with Crippen LogP contribution in [0.3, 0.4) is 0 Å². The predicted octanol–water partition coefficient (Wildman–Crippen LogP) is 7.63. The van der Waals surface area contributed by atoms with E-state index in [1.54, 1.807) is 12.1 Å². The summed E-state index contributed by atoms with van der Waals surface area (Å²) in [5.41, 5.74) is 3.68. The van der Waals surface area contributed by atoms with Gasteiger partial charge in [-0.15, -0.1) is 0 Å². The third-order valence-electron chi connectivity index (χ3n) is 5.24. The Morgan fingerprint density at radius 1 is 1.03 bits per heavy atom. The van der Waals surface area contributed by atoms with Gasteiger partial charge in [0.05, 0.1) is 22.5 Å². The molecule has 3 aromatic carbocycles. The van der Waals surface area contributed by atoms with Crippen LogP contribution in [0.4, 0.5) is 4.79 Å². The Balaban J connectivity index is 1.55. The summed E-state index contributed by atoms with van der Waals surface area (Å²) in [7, 11) is 0.